The Bertz CT molecular complexity index is 655. The van der Waals surface area contributed by atoms with E-state index in [1.165, 1.54) is 17.5 Å². The Labute approximate surface area is 174 Å². The van der Waals surface area contributed by atoms with E-state index in [2.05, 4.69) is 65.6 Å². The van der Waals surface area contributed by atoms with Crippen molar-refractivity contribution in [2.24, 2.45) is 0 Å². The SMILES string of the molecule is c1ccc(CN(Cc2ccccc2)[C@H]2C[C@@H](OCCOC3CCCCO3)C2)cc1. The van der Waals surface area contributed by atoms with Crippen molar-refractivity contribution in [1.29, 1.82) is 0 Å². The number of benzene rings is 2. The molecule has 1 aliphatic heterocycles. The highest BCUT2D eigenvalue weighted by molar-refractivity contribution is 5.17. The molecule has 29 heavy (non-hydrogen) atoms. The first kappa shape index (κ1) is 20.5. The van der Waals surface area contributed by atoms with Crippen molar-refractivity contribution in [1.82, 2.24) is 4.90 Å². The Balaban J connectivity index is 1.22. The highest BCUT2D eigenvalue weighted by Crippen LogP contribution is 2.31. The minimum Gasteiger partial charge on any atom is -0.376 e. The van der Waals surface area contributed by atoms with Crippen LogP contribution in [-0.2, 0) is 27.3 Å². The van der Waals surface area contributed by atoms with Gasteiger partial charge in [-0.1, -0.05) is 60.7 Å². The van der Waals surface area contributed by atoms with Crippen LogP contribution in [0.3, 0.4) is 0 Å². The van der Waals surface area contributed by atoms with Crippen LogP contribution in [0.4, 0.5) is 0 Å². The minimum atomic E-state index is -0.0197. The summed E-state index contributed by atoms with van der Waals surface area (Å²) < 4.78 is 17.4. The van der Waals surface area contributed by atoms with Gasteiger partial charge in [-0.15, -0.1) is 0 Å². The van der Waals surface area contributed by atoms with Gasteiger partial charge in [0.15, 0.2) is 6.29 Å². The fourth-order valence-electron chi connectivity index (χ4n) is 4.16. The van der Waals surface area contributed by atoms with E-state index in [9.17, 15) is 0 Å². The van der Waals surface area contributed by atoms with Crippen molar-refractivity contribution in [2.45, 2.75) is 63.6 Å². The highest BCUT2D eigenvalue weighted by atomic mass is 16.7. The fourth-order valence-corrected chi connectivity index (χ4v) is 4.16. The topological polar surface area (TPSA) is 30.9 Å². The molecule has 4 heteroatoms. The molecule has 4 nitrogen and oxygen atoms in total. The molecule has 1 unspecified atom stereocenters. The van der Waals surface area contributed by atoms with E-state index in [0.717, 1.165) is 45.4 Å². The summed E-state index contributed by atoms with van der Waals surface area (Å²) in [7, 11) is 0. The molecule has 0 bridgehead atoms. The average molecular weight is 396 g/mol. The average Bonchev–Trinajstić information content (AvgIpc) is 2.74. The maximum Gasteiger partial charge on any atom is 0.157 e. The van der Waals surface area contributed by atoms with Crippen LogP contribution in [0.5, 0.6) is 0 Å². The molecular weight excluding hydrogens is 362 g/mol. The smallest absolute Gasteiger partial charge is 0.157 e. The summed E-state index contributed by atoms with van der Waals surface area (Å²) in [6.45, 7) is 4.08. The van der Waals surface area contributed by atoms with Gasteiger partial charge < -0.3 is 14.2 Å². The molecule has 0 N–H and O–H groups in total. The molecule has 0 amide bonds. The predicted molar refractivity (Wildman–Crippen MR) is 114 cm³/mol. The van der Waals surface area contributed by atoms with Gasteiger partial charge in [-0.2, -0.15) is 0 Å². The zero-order chi connectivity index (χ0) is 19.7. The summed E-state index contributed by atoms with van der Waals surface area (Å²) in [5, 5.41) is 0. The van der Waals surface area contributed by atoms with Gasteiger partial charge in [-0.25, -0.2) is 0 Å². The van der Waals surface area contributed by atoms with Crippen LogP contribution < -0.4 is 0 Å². The first-order chi connectivity index (χ1) is 14.4. The molecular formula is C25H33NO3. The lowest BCUT2D eigenvalue weighted by molar-refractivity contribution is -0.175. The molecule has 1 saturated carbocycles. The van der Waals surface area contributed by atoms with Crippen LogP contribution in [-0.4, -0.2) is 43.2 Å². The van der Waals surface area contributed by atoms with E-state index in [1.807, 2.05) is 0 Å². The van der Waals surface area contributed by atoms with Gasteiger partial charge in [0.25, 0.3) is 0 Å². The molecule has 0 spiro atoms. The van der Waals surface area contributed by atoms with Gasteiger partial charge in [-0.05, 0) is 43.2 Å². The van der Waals surface area contributed by atoms with Crippen molar-refractivity contribution in [2.75, 3.05) is 19.8 Å². The lowest BCUT2D eigenvalue weighted by Gasteiger charge is -2.43. The first-order valence-corrected chi connectivity index (χ1v) is 11.0. The molecule has 2 aromatic rings. The molecule has 4 rings (SSSR count). The van der Waals surface area contributed by atoms with Gasteiger partial charge in [-0.3, -0.25) is 4.90 Å². The molecule has 1 heterocycles. The Kier molecular flexibility index (Phi) is 7.71. The van der Waals surface area contributed by atoms with Crippen LogP contribution in [0.2, 0.25) is 0 Å². The second-order valence-corrected chi connectivity index (χ2v) is 8.16. The van der Waals surface area contributed by atoms with E-state index in [-0.39, 0.29) is 6.29 Å². The summed E-state index contributed by atoms with van der Waals surface area (Å²) in [5.74, 6) is 0. The van der Waals surface area contributed by atoms with Crippen LogP contribution in [0.15, 0.2) is 60.7 Å². The third kappa shape index (κ3) is 6.38. The second-order valence-electron chi connectivity index (χ2n) is 8.16. The van der Waals surface area contributed by atoms with Gasteiger partial charge in [0.05, 0.1) is 19.3 Å². The fraction of sp³-hybridized carbons (Fsp3) is 0.520. The Morgan fingerprint density at radius 1 is 0.793 bits per heavy atom. The lowest BCUT2D eigenvalue weighted by atomic mass is 9.87. The molecule has 0 aromatic heterocycles. The number of ether oxygens (including phenoxy) is 3. The largest absolute Gasteiger partial charge is 0.376 e. The molecule has 156 valence electrons. The summed E-state index contributed by atoms with van der Waals surface area (Å²) >= 11 is 0. The maximum absolute atomic E-state index is 6.04. The van der Waals surface area contributed by atoms with Crippen LogP contribution in [0.25, 0.3) is 0 Å². The van der Waals surface area contributed by atoms with E-state index in [4.69, 9.17) is 14.2 Å². The molecule has 1 saturated heterocycles. The zero-order valence-electron chi connectivity index (χ0n) is 17.2. The molecule has 0 radical (unpaired) electrons. The van der Waals surface area contributed by atoms with Gasteiger partial charge in [0, 0.05) is 25.7 Å². The monoisotopic (exact) mass is 395 g/mol. The standard InChI is InChI=1S/C25H33NO3/c1-3-9-21(10-4-1)19-26(20-22-11-5-2-6-12-22)23-17-24(18-23)27-15-16-29-25-13-7-8-14-28-25/h1-6,9-12,23-25H,7-8,13-20H2/t23-,24+,25?. The molecule has 1 aliphatic carbocycles. The van der Waals surface area contributed by atoms with E-state index >= 15 is 0 Å². The normalized spacial score (nSPS) is 24.4. The Morgan fingerprint density at radius 3 is 2.00 bits per heavy atom. The summed E-state index contributed by atoms with van der Waals surface area (Å²) in [6, 6.07) is 22.1. The summed E-state index contributed by atoms with van der Waals surface area (Å²) in [4.78, 5) is 2.59. The van der Waals surface area contributed by atoms with Crippen LogP contribution >= 0.6 is 0 Å². The number of hydrogen-bond donors (Lipinski definition) is 0. The highest BCUT2D eigenvalue weighted by Gasteiger charge is 2.34. The molecule has 2 aliphatic rings. The van der Waals surface area contributed by atoms with Crippen molar-refractivity contribution in [3.63, 3.8) is 0 Å². The quantitative estimate of drug-likeness (QED) is 0.542. The van der Waals surface area contributed by atoms with Crippen molar-refractivity contribution in [3.8, 4) is 0 Å². The second kappa shape index (κ2) is 10.9. The maximum atomic E-state index is 6.04. The van der Waals surface area contributed by atoms with Gasteiger partial charge in [0.1, 0.15) is 0 Å². The van der Waals surface area contributed by atoms with Crippen molar-refractivity contribution in [3.05, 3.63) is 71.8 Å². The van der Waals surface area contributed by atoms with E-state index in [1.54, 1.807) is 0 Å². The lowest BCUT2D eigenvalue weighted by Crippen LogP contribution is -2.47. The molecule has 2 aromatic carbocycles. The van der Waals surface area contributed by atoms with Crippen molar-refractivity contribution < 1.29 is 14.2 Å². The minimum absolute atomic E-state index is 0.0197. The number of hydrogen-bond acceptors (Lipinski definition) is 4. The van der Waals surface area contributed by atoms with Crippen LogP contribution in [0, 0.1) is 0 Å². The Hall–Kier alpha value is -1.72. The van der Waals surface area contributed by atoms with Crippen molar-refractivity contribution >= 4 is 0 Å². The van der Waals surface area contributed by atoms with E-state index in [0.29, 0.717) is 25.4 Å². The van der Waals surface area contributed by atoms with Gasteiger partial charge >= 0.3 is 0 Å². The Morgan fingerprint density at radius 2 is 1.41 bits per heavy atom. The number of rotatable bonds is 10. The first-order valence-electron chi connectivity index (χ1n) is 11.0. The number of nitrogens with zero attached hydrogens (tertiary/aromatic N) is 1. The van der Waals surface area contributed by atoms with Crippen LogP contribution in [0.1, 0.15) is 43.2 Å². The third-order valence-corrected chi connectivity index (χ3v) is 5.92. The third-order valence-electron chi connectivity index (χ3n) is 5.92. The molecule has 2 fully saturated rings. The predicted octanol–water partition coefficient (Wildman–Crippen LogP) is 4.78. The summed E-state index contributed by atoms with van der Waals surface area (Å²) in [5.41, 5.74) is 2.74. The molecule has 1 atom stereocenters. The van der Waals surface area contributed by atoms with E-state index < -0.39 is 0 Å². The zero-order valence-corrected chi connectivity index (χ0v) is 17.2. The summed E-state index contributed by atoms with van der Waals surface area (Å²) in [6.07, 6.45) is 5.90. The van der Waals surface area contributed by atoms with Gasteiger partial charge in [0.2, 0.25) is 0 Å².